The molecule has 1 heterocycles. The SMILES string of the molecule is O=C(O)C(O)C(O)(CC1CO1)C(=O)O. The molecule has 1 aliphatic heterocycles. The van der Waals surface area contributed by atoms with Gasteiger partial charge in [0.05, 0.1) is 12.7 Å². The molecule has 4 N–H and O–H groups in total. The molecule has 1 saturated heterocycles. The third-order valence-electron chi connectivity index (χ3n) is 2.00. The Hall–Kier alpha value is -1.18. The van der Waals surface area contributed by atoms with Gasteiger partial charge in [-0.15, -0.1) is 0 Å². The smallest absolute Gasteiger partial charge is 0.339 e. The first kappa shape index (κ1) is 10.9. The number of epoxide rings is 1. The molecule has 14 heavy (non-hydrogen) atoms. The normalized spacial score (nSPS) is 26.3. The van der Waals surface area contributed by atoms with Gasteiger partial charge in [-0.05, 0) is 0 Å². The summed E-state index contributed by atoms with van der Waals surface area (Å²) in [6.45, 7) is 0.266. The number of carboxylic acids is 2. The molecule has 3 atom stereocenters. The van der Waals surface area contributed by atoms with E-state index in [0.717, 1.165) is 0 Å². The van der Waals surface area contributed by atoms with Gasteiger partial charge in [-0.25, -0.2) is 9.59 Å². The summed E-state index contributed by atoms with van der Waals surface area (Å²) in [6, 6.07) is 0. The van der Waals surface area contributed by atoms with Gasteiger partial charge in [-0.3, -0.25) is 0 Å². The number of hydrogen-bond acceptors (Lipinski definition) is 5. The van der Waals surface area contributed by atoms with Crippen molar-refractivity contribution >= 4 is 11.9 Å². The van der Waals surface area contributed by atoms with Crippen LogP contribution in [0.25, 0.3) is 0 Å². The lowest BCUT2D eigenvalue weighted by Crippen LogP contribution is -2.54. The van der Waals surface area contributed by atoms with E-state index in [2.05, 4.69) is 4.74 Å². The van der Waals surface area contributed by atoms with Crippen LogP contribution in [0, 0.1) is 0 Å². The fourth-order valence-corrected chi connectivity index (χ4v) is 1.05. The van der Waals surface area contributed by atoms with Crippen LogP contribution in [-0.4, -0.2) is 56.8 Å². The van der Waals surface area contributed by atoms with E-state index in [1.54, 1.807) is 0 Å². The summed E-state index contributed by atoms with van der Waals surface area (Å²) >= 11 is 0. The molecule has 0 bridgehead atoms. The number of ether oxygens (including phenoxy) is 1. The number of aliphatic hydroxyl groups excluding tert-OH is 1. The lowest BCUT2D eigenvalue weighted by Gasteiger charge is -2.25. The van der Waals surface area contributed by atoms with E-state index in [9.17, 15) is 14.7 Å². The molecule has 0 amide bonds. The predicted molar refractivity (Wildman–Crippen MR) is 40.6 cm³/mol. The molecule has 1 aliphatic rings. The second-order valence-electron chi connectivity index (χ2n) is 3.13. The van der Waals surface area contributed by atoms with E-state index < -0.39 is 36.2 Å². The van der Waals surface area contributed by atoms with Gasteiger partial charge in [0.15, 0.2) is 6.10 Å². The Morgan fingerprint density at radius 3 is 2.29 bits per heavy atom. The fourth-order valence-electron chi connectivity index (χ4n) is 1.05. The summed E-state index contributed by atoms with van der Waals surface area (Å²) in [5.41, 5.74) is -2.69. The Bertz CT molecular complexity index is 259. The number of hydrogen-bond donors (Lipinski definition) is 4. The van der Waals surface area contributed by atoms with Gasteiger partial charge in [0.1, 0.15) is 0 Å². The van der Waals surface area contributed by atoms with E-state index in [0.29, 0.717) is 0 Å². The molecule has 0 aromatic carbocycles. The lowest BCUT2D eigenvalue weighted by molar-refractivity contribution is -0.184. The first-order valence-electron chi connectivity index (χ1n) is 3.86. The van der Waals surface area contributed by atoms with Crippen molar-refractivity contribution in [2.75, 3.05) is 6.61 Å². The van der Waals surface area contributed by atoms with E-state index in [1.807, 2.05) is 0 Å². The molecule has 0 saturated carbocycles. The van der Waals surface area contributed by atoms with Gasteiger partial charge in [0.2, 0.25) is 5.60 Å². The zero-order chi connectivity index (χ0) is 10.9. The molecule has 7 heteroatoms. The van der Waals surface area contributed by atoms with Crippen molar-refractivity contribution in [2.45, 2.75) is 24.2 Å². The van der Waals surface area contributed by atoms with Crippen molar-refractivity contribution in [2.24, 2.45) is 0 Å². The number of rotatable bonds is 5. The van der Waals surface area contributed by atoms with Crippen molar-refractivity contribution in [3.63, 3.8) is 0 Å². The van der Waals surface area contributed by atoms with Crippen LogP contribution >= 0.6 is 0 Å². The first-order chi connectivity index (χ1) is 6.38. The summed E-state index contributed by atoms with van der Waals surface area (Å²) in [5.74, 6) is -3.56. The van der Waals surface area contributed by atoms with Crippen molar-refractivity contribution in [3.8, 4) is 0 Å². The molecule has 0 aromatic heterocycles. The van der Waals surface area contributed by atoms with E-state index >= 15 is 0 Å². The van der Waals surface area contributed by atoms with Crippen LogP contribution in [0.1, 0.15) is 6.42 Å². The molecule has 80 valence electrons. The molecular weight excluding hydrogens is 196 g/mol. The Morgan fingerprint density at radius 1 is 1.50 bits per heavy atom. The minimum Gasteiger partial charge on any atom is -0.479 e. The average molecular weight is 206 g/mol. The zero-order valence-corrected chi connectivity index (χ0v) is 7.08. The van der Waals surface area contributed by atoms with Crippen molar-refractivity contribution in [3.05, 3.63) is 0 Å². The Morgan fingerprint density at radius 2 is 2.00 bits per heavy atom. The number of aliphatic carboxylic acids is 2. The second-order valence-corrected chi connectivity index (χ2v) is 3.13. The van der Waals surface area contributed by atoms with Crippen LogP contribution in [0.2, 0.25) is 0 Å². The average Bonchev–Trinajstić information content (AvgIpc) is 2.86. The highest BCUT2D eigenvalue weighted by atomic mass is 16.6. The van der Waals surface area contributed by atoms with Gasteiger partial charge in [0.25, 0.3) is 0 Å². The fraction of sp³-hybridized carbons (Fsp3) is 0.714. The van der Waals surface area contributed by atoms with Crippen LogP contribution in [-0.2, 0) is 14.3 Å². The molecular formula is C7H10O7. The molecule has 7 nitrogen and oxygen atoms in total. The predicted octanol–water partition coefficient (Wildman–Crippen LogP) is -1.96. The third kappa shape index (κ3) is 2.00. The highest BCUT2D eigenvalue weighted by Crippen LogP contribution is 2.26. The maximum absolute atomic E-state index is 10.6. The zero-order valence-electron chi connectivity index (χ0n) is 7.08. The molecule has 1 fully saturated rings. The second kappa shape index (κ2) is 3.52. The largest absolute Gasteiger partial charge is 0.479 e. The highest BCUT2D eigenvalue weighted by molar-refractivity contribution is 5.87. The Balaban J connectivity index is 2.78. The maximum Gasteiger partial charge on any atom is 0.339 e. The number of carboxylic acid groups (broad SMARTS) is 2. The summed E-state index contributed by atoms with van der Waals surface area (Å²) in [6.07, 6.45) is -3.29. The maximum atomic E-state index is 10.6. The monoisotopic (exact) mass is 206 g/mol. The van der Waals surface area contributed by atoms with Crippen LogP contribution in [0.15, 0.2) is 0 Å². The van der Waals surface area contributed by atoms with Crippen LogP contribution in [0.5, 0.6) is 0 Å². The summed E-state index contributed by atoms with van der Waals surface area (Å²) in [4.78, 5) is 20.9. The molecule has 0 spiro atoms. The van der Waals surface area contributed by atoms with Gasteiger partial charge >= 0.3 is 11.9 Å². The standard InChI is InChI=1S/C7H10O7/c8-4(5(9)10)7(13,6(11)12)1-3-2-14-3/h3-4,8,13H,1-2H2,(H,9,10)(H,11,12). The molecule has 0 aliphatic carbocycles. The van der Waals surface area contributed by atoms with Gasteiger partial charge in [-0.2, -0.15) is 0 Å². The molecule has 3 unspecified atom stereocenters. The van der Waals surface area contributed by atoms with Gasteiger partial charge in [0, 0.05) is 6.42 Å². The van der Waals surface area contributed by atoms with Crippen LogP contribution in [0.3, 0.4) is 0 Å². The first-order valence-corrected chi connectivity index (χ1v) is 3.86. The summed E-state index contributed by atoms with van der Waals surface area (Å²) < 4.78 is 4.66. The molecule has 1 rings (SSSR count). The van der Waals surface area contributed by atoms with Crippen molar-refractivity contribution in [1.29, 1.82) is 0 Å². The highest BCUT2D eigenvalue weighted by Gasteiger charge is 2.51. The topological polar surface area (TPSA) is 128 Å². The molecule has 0 radical (unpaired) electrons. The van der Waals surface area contributed by atoms with E-state index in [1.165, 1.54) is 0 Å². The number of carbonyl (C=O) groups is 2. The summed E-state index contributed by atoms with van der Waals surface area (Å²) in [5, 5.41) is 35.4. The Labute approximate surface area is 78.5 Å². The third-order valence-corrected chi connectivity index (χ3v) is 2.00. The Kier molecular flexibility index (Phi) is 2.74. The van der Waals surface area contributed by atoms with Crippen LogP contribution in [0.4, 0.5) is 0 Å². The lowest BCUT2D eigenvalue weighted by atomic mass is 9.91. The number of aliphatic hydroxyl groups is 2. The molecule has 0 aromatic rings. The van der Waals surface area contributed by atoms with Gasteiger partial charge in [-0.1, -0.05) is 0 Å². The van der Waals surface area contributed by atoms with Crippen molar-refractivity contribution < 1.29 is 34.8 Å². The van der Waals surface area contributed by atoms with E-state index in [4.69, 9.17) is 15.3 Å². The minimum absolute atomic E-state index is 0.266. The van der Waals surface area contributed by atoms with Gasteiger partial charge < -0.3 is 25.2 Å². The van der Waals surface area contributed by atoms with Crippen molar-refractivity contribution in [1.82, 2.24) is 0 Å². The minimum atomic E-state index is -2.69. The summed E-state index contributed by atoms with van der Waals surface area (Å²) in [7, 11) is 0. The quantitative estimate of drug-likeness (QED) is 0.384. The van der Waals surface area contributed by atoms with E-state index in [-0.39, 0.29) is 6.61 Å². The van der Waals surface area contributed by atoms with Crippen LogP contribution < -0.4 is 0 Å².